The highest BCUT2D eigenvalue weighted by Crippen LogP contribution is 2.24. The van der Waals surface area contributed by atoms with Crippen molar-refractivity contribution in [2.45, 2.75) is 13.8 Å². The molecule has 0 unspecified atom stereocenters. The summed E-state index contributed by atoms with van der Waals surface area (Å²) in [4.78, 5) is 25.9. The molecule has 0 aliphatic carbocycles. The quantitative estimate of drug-likeness (QED) is 0.478. The first-order valence-electron chi connectivity index (χ1n) is 10.4. The van der Waals surface area contributed by atoms with Gasteiger partial charge in [0.2, 0.25) is 0 Å². The Morgan fingerprint density at radius 3 is 2.31 bits per heavy atom. The van der Waals surface area contributed by atoms with Gasteiger partial charge in [0.25, 0.3) is 5.91 Å². The van der Waals surface area contributed by atoms with Crippen LogP contribution in [0.25, 0.3) is 16.9 Å². The first kappa shape index (κ1) is 20.4. The fourth-order valence-corrected chi connectivity index (χ4v) is 4.25. The summed E-state index contributed by atoms with van der Waals surface area (Å²) in [7, 11) is 0. The van der Waals surface area contributed by atoms with E-state index in [4.69, 9.17) is 11.6 Å². The molecule has 0 saturated carbocycles. The number of carbonyl (C=O) groups is 1. The Kier molecular flexibility index (Phi) is 5.22. The maximum atomic E-state index is 13.0. The third-order valence-corrected chi connectivity index (χ3v) is 5.88. The van der Waals surface area contributed by atoms with Gasteiger partial charge < -0.3 is 9.80 Å². The fraction of sp³-hybridized carbons (Fsp3) is 0.261. The lowest BCUT2D eigenvalue weighted by atomic mass is 10.1. The Bertz CT molecular complexity index is 1270. The van der Waals surface area contributed by atoms with Crippen molar-refractivity contribution in [2.24, 2.45) is 0 Å². The van der Waals surface area contributed by atoms with Crippen LogP contribution in [0.15, 0.2) is 48.8 Å². The smallest absolute Gasteiger partial charge is 0.253 e. The number of rotatable bonds is 3. The molecule has 2 aromatic heterocycles. The molecule has 9 heteroatoms. The Hall–Kier alpha value is -3.52. The number of amides is 1. The average Bonchev–Trinajstić information content (AvgIpc) is 3.23. The lowest BCUT2D eigenvalue weighted by Crippen LogP contribution is -2.49. The summed E-state index contributed by atoms with van der Waals surface area (Å²) < 4.78 is 1.68. The Labute approximate surface area is 190 Å². The molecule has 0 atom stereocenters. The molecule has 0 bridgehead atoms. The normalized spacial score (nSPS) is 14.2. The third-order valence-electron chi connectivity index (χ3n) is 5.62. The molecule has 32 heavy (non-hydrogen) atoms. The van der Waals surface area contributed by atoms with Crippen LogP contribution >= 0.6 is 11.6 Å². The zero-order chi connectivity index (χ0) is 22.2. The van der Waals surface area contributed by atoms with E-state index in [0.717, 1.165) is 28.2 Å². The minimum Gasteiger partial charge on any atom is -0.351 e. The van der Waals surface area contributed by atoms with E-state index in [-0.39, 0.29) is 5.91 Å². The van der Waals surface area contributed by atoms with Crippen LogP contribution in [0.3, 0.4) is 0 Å². The second-order valence-electron chi connectivity index (χ2n) is 8.00. The van der Waals surface area contributed by atoms with Gasteiger partial charge in [-0.3, -0.25) is 4.79 Å². The number of piperazine rings is 1. The van der Waals surface area contributed by atoms with Crippen molar-refractivity contribution in [1.29, 1.82) is 0 Å². The van der Waals surface area contributed by atoms with Crippen LogP contribution in [0.2, 0.25) is 5.02 Å². The number of hydrogen-bond donors (Lipinski definition) is 0. The van der Waals surface area contributed by atoms with E-state index in [2.05, 4.69) is 31.2 Å². The van der Waals surface area contributed by atoms with Crippen LogP contribution in [-0.4, -0.2) is 61.9 Å². The van der Waals surface area contributed by atoms with Crippen LogP contribution in [0.4, 0.5) is 5.82 Å². The number of halogens is 1. The third kappa shape index (κ3) is 3.78. The number of carbonyl (C=O) groups excluding carboxylic acids is 1. The molecule has 0 radical (unpaired) electrons. The number of aromatic nitrogens is 5. The number of fused-ring (bicyclic) bond motifs is 1. The minimum absolute atomic E-state index is 0.0676. The molecule has 162 valence electrons. The molecule has 4 aromatic rings. The molecular formula is C23H22ClN7O. The first-order chi connectivity index (χ1) is 15.5. The van der Waals surface area contributed by atoms with Gasteiger partial charge in [-0.15, -0.1) is 5.10 Å². The highest BCUT2D eigenvalue weighted by Gasteiger charge is 2.25. The maximum Gasteiger partial charge on any atom is 0.253 e. The molecule has 1 aliphatic rings. The number of anilines is 1. The average molecular weight is 448 g/mol. The summed E-state index contributed by atoms with van der Waals surface area (Å²) in [5.74, 6) is 0.798. The monoisotopic (exact) mass is 447 g/mol. The van der Waals surface area contributed by atoms with Crippen LogP contribution in [0.1, 0.15) is 21.5 Å². The molecule has 1 fully saturated rings. The second-order valence-corrected chi connectivity index (χ2v) is 8.44. The van der Waals surface area contributed by atoms with Crippen molar-refractivity contribution >= 4 is 34.5 Å². The van der Waals surface area contributed by atoms with Crippen molar-refractivity contribution in [1.82, 2.24) is 29.9 Å². The van der Waals surface area contributed by atoms with Gasteiger partial charge >= 0.3 is 0 Å². The van der Waals surface area contributed by atoms with Crippen molar-refractivity contribution < 1.29 is 4.79 Å². The van der Waals surface area contributed by atoms with E-state index in [9.17, 15) is 4.79 Å². The lowest BCUT2D eigenvalue weighted by molar-refractivity contribution is 0.0746. The lowest BCUT2D eigenvalue weighted by Gasteiger charge is -2.35. The highest BCUT2D eigenvalue weighted by molar-refractivity contribution is 6.30. The summed E-state index contributed by atoms with van der Waals surface area (Å²) in [5.41, 5.74) is 5.03. The largest absolute Gasteiger partial charge is 0.351 e. The standard InChI is InChI=1S/C23H22ClN7O/c1-15-11-16(2)13-17(12-15)23(32)30-9-7-29(8-10-30)21-20-22(26-14-25-21)31(28-27-20)19-5-3-18(24)4-6-19/h3-6,11-14H,7-10H2,1-2H3. The molecule has 0 spiro atoms. The number of hydrogen-bond acceptors (Lipinski definition) is 6. The topological polar surface area (TPSA) is 80.0 Å². The van der Waals surface area contributed by atoms with Crippen molar-refractivity contribution in [3.05, 3.63) is 70.5 Å². The van der Waals surface area contributed by atoms with Crippen molar-refractivity contribution in [3.63, 3.8) is 0 Å². The van der Waals surface area contributed by atoms with Crippen LogP contribution in [-0.2, 0) is 0 Å². The summed E-state index contributed by atoms with van der Waals surface area (Å²) in [6, 6.07) is 13.3. The van der Waals surface area contributed by atoms with E-state index in [0.29, 0.717) is 42.4 Å². The fourth-order valence-electron chi connectivity index (χ4n) is 4.13. The molecule has 1 aliphatic heterocycles. The predicted octanol–water partition coefficient (Wildman–Crippen LogP) is 3.44. The second kappa shape index (κ2) is 8.20. The van der Waals surface area contributed by atoms with Gasteiger partial charge in [0, 0.05) is 36.8 Å². The Balaban J connectivity index is 1.36. The van der Waals surface area contributed by atoms with Crippen molar-refractivity contribution in [2.75, 3.05) is 31.1 Å². The first-order valence-corrected chi connectivity index (χ1v) is 10.8. The van der Waals surface area contributed by atoms with Crippen LogP contribution < -0.4 is 4.90 Å². The van der Waals surface area contributed by atoms with Gasteiger partial charge in [-0.05, 0) is 50.2 Å². The van der Waals surface area contributed by atoms with Gasteiger partial charge in [-0.25, -0.2) is 9.97 Å². The number of benzene rings is 2. The molecule has 1 amide bonds. The molecule has 3 heterocycles. The Morgan fingerprint density at radius 2 is 1.62 bits per heavy atom. The summed E-state index contributed by atoms with van der Waals surface area (Å²) in [6.07, 6.45) is 1.53. The van der Waals surface area contributed by atoms with Crippen LogP contribution in [0.5, 0.6) is 0 Å². The van der Waals surface area contributed by atoms with E-state index in [1.807, 2.05) is 43.0 Å². The van der Waals surface area contributed by atoms with E-state index >= 15 is 0 Å². The van der Waals surface area contributed by atoms with Gasteiger partial charge in [-0.2, -0.15) is 4.68 Å². The zero-order valence-electron chi connectivity index (χ0n) is 17.9. The maximum absolute atomic E-state index is 13.0. The minimum atomic E-state index is 0.0676. The zero-order valence-corrected chi connectivity index (χ0v) is 18.6. The summed E-state index contributed by atoms with van der Waals surface area (Å²) >= 11 is 6.00. The van der Waals surface area contributed by atoms with E-state index in [1.165, 1.54) is 6.33 Å². The van der Waals surface area contributed by atoms with E-state index in [1.54, 1.807) is 16.8 Å². The number of aryl methyl sites for hydroxylation is 2. The summed E-state index contributed by atoms with van der Waals surface area (Å²) in [5, 5.41) is 9.28. The SMILES string of the molecule is Cc1cc(C)cc(C(=O)N2CCN(c3ncnc4c3nnn4-c3ccc(Cl)cc3)CC2)c1. The van der Waals surface area contributed by atoms with Gasteiger partial charge in [0.05, 0.1) is 5.69 Å². The predicted molar refractivity (Wildman–Crippen MR) is 123 cm³/mol. The Morgan fingerprint density at radius 1 is 0.938 bits per heavy atom. The molecule has 2 aromatic carbocycles. The molecule has 5 rings (SSSR count). The van der Waals surface area contributed by atoms with Crippen LogP contribution in [0, 0.1) is 13.8 Å². The molecule has 1 saturated heterocycles. The van der Waals surface area contributed by atoms with Gasteiger partial charge in [-0.1, -0.05) is 34.0 Å². The van der Waals surface area contributed by atoms with E-state index < -0.39 is 0 Å². The van der Waals surface area contributed by atoms with Crippen molar-refractivity contribution in [3.8, 4) is 5.69 Å². The molecule has 8 nitrogen and oxygen atoms in total. The highest BCUT2D eigenvalue weighted by atomic mass is 35.5. The van der Waals surface area contributed by atoms with Gasteiger partial charge in [0.1, 0.15) is 6.33 Å². The molecular weight excluding hydrogens is 426 g/mol. The summed E-state index contributed by atoms with van der Waals surface area (Å²) in [6.45, 7) is 6.58. The van der Waals surface area contributed by atoms with Gasteiger partial charge in [0.15, 0.2) is 17.0 Å². The number of nitrogens with zero attached hydrogens (tertiary/aromatic N) is 7. The molecule has 0 N–H and O–H groups in total.